The van der Waals surface area contributed by atoms with E-state index in [1.807, 2.05) is 66.8 Å². The molecular weight excluding hydrogens is 220 g/mol. The van der Waals surface area contributed by atoms with E-state index in [1.165, 1.54) is 5.56 Å². The maximum Gasteiger partial charge on any atom is 0.130 e. The molecule has 1 aliphatic heterocycles. The first-order valence-corrected chi connectivity index (χ1v) is 6.03. The topological polar surface area (TPSA) is 9.23 Å². The third kappa shape index (κ3) is 3.95. The molecule has 2 rings (SSSR count). The lowest BCUT2D eigenvalue weighted by Crippen LogP contribution is -1.89. The van der Waals surface area contributed by atoms with Crippen LogP contribution in [0.4, 0.5) is 0 Å². The van der Waals surface area contributed by atoms with Crippen molar-refractivity contribution in [2.75, 3.05) is 0 Å². The van der Waals surface area contributed by atoms with Gasteiger partial charge in [0.1, 0.15) is 5.75 Å². The van der Waals surface area contributed by atoms with E-state index < -0.39 is 0 Å². The molecule has 90 valence electrons. The number of allylic oxidation sites excluding steroid dienone is 9. The molecule has 0 unspecified atom stereocenters. The molecule has 0 N–H and O–H groups in total. The van der Waals surface area contributed by atoms with Crippen molar-refractivity contribution < 1.29 is 4.74 Å². The van der Waals surface area contributed by atoms with Crippen molar-refractivity contribution in [3.63, 3.8) is 0 Å². The summed E-state index contributed by atoms with van der Waals surface area (Å²) < 4.78 is 5.62. The van der Waals surface area contributed by atoms with Crippen LogP contribution < -0.4 is 4.74 Å². The van der Waals surface area contributed by atoms with Gasteiger partial charge in [0.15, 0.2) is 0 Å². The molecule has 1 nitrogen and oxygen atoms in total. The Labute approximate surface area is 108 Å². The molecule has 1 aromatic rings. The van der Waals surface area contributed by atoms with Crippen LogP contribution in [0.15, 0.2) is 85.2 Å². The second kappa shape index (κ2) is 7.13. The van der Waals surface area contributed by atoms with E-state index in [-0.39, 0.29) is 0 Å². The molecule has 0 amide bonds. The number of hydrogen-bond acceptors (Lipinski definition) is 1. The number of fused-ring (bicyclic) bond motifs is 1. The first kappa shape index (κ1) is 12.2. The largest absolute Gasteiger partial charge is 0.465 e. The van der Waals surface area contributed by atoms with Gasteiger partial charge in [-0.2, -0.15) is 0 Å². The van der Waals surface area contributed by atoms with Crippen molar-refractivity contribution in [3.05, 3.63) is 90.8 Å². The monoisotopic (exact) mass is 236 g/mol. The summed E-state index contributed by atoms with van der Waals surface area (Å²) in [5.41, 5.74) is 1.18. The minimum atomic E-state index is 0.869. The summed E-state index contributed by atoms with van der Waals surface area (Å²) in [4.78, 5) is 0. The zero-order valence-corrected chi connectivity index (χ0v) is 10.2. The average Bonchev–Trinajstić information content (AvgIpc) is 2.41. The molecule has 1 heteroatoms. The fourth-order valence-corrected chi connectivity index (χ4v) is 1.60. The van der Waals surface area contributed by atoms with E-state index in [4.69, 9.17) is 4.74 Å². The Kier molecular flexibility index (Phi) is 4.82. The van der Waals surface area contributed by atoms with E-state index in [0.717, 1.165) is 12.2 Å². The maximum absolute atomic E-state index is 5.62. The highest BCUT2D eigenvalue weighted by molar-refractivity contribution is 5.36. The van der Waals surface area contributed by atoms with E-state index in [9.17, 15) is 0 Å². The van der Waals surface area contributed by atoms with E-state index in [0.29, 0.717) is 0 Å². The summed E-state index contributed by atoms with van der Waals surface area (Å²) in [7, 11) is 0. The van der Waals surface area contributed by atoms with Crippen LogP contribution in [0.2, 0.25) is 0 Å². The molecule has 1 aromatic carbocycles. The lowest BCUT2D eigenvalue weighted by molar-refractivity contribution is 0.476. The van der Waals surface area contributed by atoms with Gasteiger partial charge in [0.2, 0.25) is 0 Å². The fraction of sp³-hybridized carbons (Fsp3) is 0.0588. The van der Waals surface area contributed by atoms with Crippen LogP contribution in [0.25, 0.3) is 0 Å². The molecule has 0 radical (unpaired) electrons. The van der Waals surface area contributed by atoms with Gasteiger partial charge in [0.25, 0.3) is 0 Å². The summed E-state index contributed by atoms with van der Waals surface area (Å²) in [5.74, 6) is 0.906. The van der Waals surface area contributed by atoms with Crippen LogP contribution >= 0.6 is 0 Å². The van der Waals surface area contributed by atoms with Gasteiger partial charge in [-0.3, -0.25) is 0 Å². The molecule has 0 atom stereocenters. The molecule has 0 saturated carbocycles. The van der Waals surface area contributed by atoms with E-state index in [2.05, 4.69) is 12.1 Å². The number of ether oxygens (including phenoxy) is 1. The Morgan fingerprint density at radius 1 is 0.722 bits per heavy atom. The number of benzene rings is 1. The third-order valence-corrected chi connectivity index (χ3v) is 2.50. The standard InChI is InChI=1S/C17H16O/c1-2-4-6-8-12-16-13-9-10-14-17(16)18-15-11-7-5-3-1/h1-11,13-15H,12H2/b3-1-,4-2+,7-5+,8-6+,15-11+. The summed E-state index contributed by atoms with van der Waals surface area (Å²) in [6.07, 6.45) is 20.5. The van der Waals surface area contributed by atoms with Gasteiger partial charge >= 0.3 is 0 Å². The highest BCUT2D eigenvalue weighted by Gasteiger charge is 1.98. The predicted molar refractivity (Wildman–Crippen MR) is 76.5 cm³/mol. The zero-order valence-electron chi connectivity index (χ0n) is 10.2. The molecular formula is C17H16O. The number of rotatable bonds is 0. The predicted octanol–water partition coefficient (Wildman–Crippen LogP) is 4.36. The van der Waals surface area contributed by atoms with Gasteiger partial charge < -0.3 is 4.74 Å². The molecule has 0 spiro atoms. The Morgan fingerprint density at radius 3 is 2.22 bits per heavy atom. The average molecular weight is 236 g/mol. The highest BCUT2D eigenvalue weighted by atomic mass is 16.5. The molecule has 1 aliphatic rings. The van der Waals surface area contributed by atoms with E-state index in [1.54, 1.807) is 6.26 Å². The van der Waals surface area contributed by atoms with Crippen LogP contribution in [0.5, 0.6) is 5.75 Å². The Balaban J connectivity index is 2.22. The van der Waals surface area contributed by atoms with Crippen molar-refractivity contribution in [2.24, 2.45) is 0 Å². The molecule has 0 saturated heterocycles. The van der Waals surface area contributed by atoms with E-state index >= 15 is 0 Å². The second-order valence-electron chi connectivity index (χ2n) is 3.84. The van der Waals surface area contributed by atoms with Gasteiger partial charge in [-0.05, 0) is 24.1 Å². The lowest BCUT2D eigenvalue weighted by Gasteiger charge is -2.05. The van der Waals surface area contributed by atoms with Crippen molar-refractivity contribution >= 4 is 0 Å². The van der Waals surface area contributed by atoms with Crippen molar-refractivity contribution in [2.45, 2.75) is 6.42 Å². The van der Waals surface area contributed by atoms with Crippen LogP contribution in [-0.4, -0.2) is 0 Å². The van der Waals surface area contributed by atoms with Gasteiger partial charge in [-0.1, -0.05) is 66.8 Å². The quantitative estimate of drug-likeness (QED) is 0.650. The Bertz CT molecular complexity index is 469. The van der Waals surface area contributed by atoms with Crippen LogP contribution in [0, 0.1) is 0 Å². The van der Waals surface area contributed by atoms with Crippen LogP contribution in [0.1, 0.15) is 5.56 Å². The molecule has 18 heavy (non-hydrogen) atoms. The van der Waals surface area contributed by atoms with Crippen molar-refractivity contribution in [1.29, 1.82) is 0 Å². The maximum atomic E-state index is 5.62. The second-order valence-corrected chi connectivity index (χ2v) is 3.84. The van der Waals surface area contributed by atoms with Crippen LogP contribution in [0.3, 0.4) is 0 Å². The minimum Gasteiger partial charge on any atom is -0.465 e. The normalized spacial score (nSPS) is 23.8. The summed E-state index contributed by atoms with van der Waals surface area (Å²) in [6.45, 7) is 0. The minimum absolute atomic E-state index is 0.869. The summed E-state index contributed by atoms with van der Waals surface area (Å²) >= 11 is 0. The molecule has 0 aromatic heterocycles. The van der Waals surface area contributed by atoms with Crippen molar-refractivity contribution in [3.8, 4) is 5.75 Å². The van der Waals surface area contributed by atoms with Crippen LogP contribution in [-0.2, 0) is 6.42 Å². The smallest absolute Gasteiger partial charge is 0.130 e. The fourth-order valence-electron chi connectivity index (χ4n) is 1.60. The first-order chi connectivity index (χ1) is 8.97. The SMILES string of the molecule is C1=C\C=C\C=C\Oc2ccccc2C/C=C/C=C/1. The summed E-state index contributed by atoms with van der Waals surface area (Å²) in [5, 5.41) is 0. The highest BCUT2D eigenvalue weighted by Crippen LogP contribution is 2.19. The Morgan fingerprint density at radius 2 is 1.39 bits per heavy atom. The molecule has 0 fully saturated rings. The number of para-hydroxylation sites is 1. The number of hydrogen-bond donors (Lipinski definition) is 0. The lowest BCUT2D eigenvalue weighted by atomic mass is 10.1. The molecule has 1 heterocycles. The summed E-state index contributed by atoms with van der Waals surface area (Å²) in [6, 6.07) is 8.08. The van der Waals surface area contributed by atoms with Gasteiger partial charge in [0.05, 0.1) is 6.26 Å². The van der Waals surface area contributed by atoms with Gasteiger partial charge in [-0.25, -0.2) is 0 Å². The first-order valence-electron chi connectivity index (χ1n) is 6.03. The third-order valence-electron chi connectivity index (χ3n) is 2.50. The van der Waals surface area contributed by atoms with Crippen molar-refractivity contribution in [1.82, 2.24) is 0 Å². The molecule has 0 bridgehead atoms. The zero-order chi connectivity index (χ0) is 12.5. The molecule has 0 aliphatic carbocycles. The Hall–Kier alpha value is -2.28. The van der Waals surface area contributed by atoms with Gasteiger partial charge in [-0.15, -0.1) is 0 Å². The van der Waals surface area contributed by atoms with Gasteiger partial charge in [0, 0.05) is 0 Å².